The van der Waals surface area contributed by atoms with Crippen LogP contribution in [0, 0.1) is 0 Å². The molecule has 0 unspecified atom stereocenters. The molecule has 4 aliphatic heterocycles. The van der Waals surface area contributed by atoms with Gasteiger partial charge in [0.25, 0.3) is 0 Å². The van der Waals surface area contributed by atoms with Crippen molar-refractivity contribution in [1.82, 2.24) is 0 Å². The van der Waals surface area contributed by atoms with Crippen molar-refractivity contribution in [2.75, 3.05) is 0 Å². The van der Waals surface area contributed by atoms with Gasteiger partial charge in [-0.25, -0.2) is 0 Å². The minimum atomic E-state index is 0. The lowest BCUT2D eigenvalue weighted by Crippen LogP contribution is -1.86. The van der Waals surface area contributed by atoms with Gasteiger partial charge in [0.15, 0.2) is 0 Å². The Bertz CT molecular complexity index is 1250. The molecule has 8 rings (SSSR count). The Morgan fingerprint density at radius 3 is 0.714 bits per heavy atom. The summed E-state index contributed by atoms with van der Waals surface area (Å²) in [4.78, 5) is 17.7. The van der Waals surface area contributed by atoms with Gasteiger partial charge in [0.1, 0.15) is 0 Å². The molecule has 0 aromatic heterocycles. The Labute approximate surface area is 255 Å². The van der Waals surface area contributed by atoms with Crippen LogP contribution in [0.4, 0.5) is 0 Å². The normalized spacial score (nSPS) is 22.6. The molecule has 0 bridgehead atoms. The van der Waals surface area contributed by atoms with Crippen LogP contribution >= 0.6 is 0 Å². The molecule has 4 nitrogen and oxygen atoms in total. The zero-order valence-corrected chi connectivity index (χ0v) is 25.1. The first kappa shape index (κ1) is 33.1. The summed E-state index contributed by atoms with van der Waals surface area (Å²) in [6.07, 6.45) is 13.8. The first-order valence-corrected chi connectivity index (χ1v) is 14.9. The molecule has 0 saturated heterocycles. The molecule has 0 saturated carbocycles. The molecule has 224 valence electrons. The summed E-state index contributed by atoms with van der Waals surface area (Å²) in [5.74, 6) is 0. The van der Waals surface area contributed by atoms with E-state index >= 15 is 0 Å². The summed E-state index contributed by atoms with van der Waals surface area (Å²) < 4.78 is 0. The van der Waals surface area contributed by atoms with Crippen LogP contribution in [0.25, 0.3) is 0 Å². The van der Waals surface area contributed by atoms with Gasteiger partial charge < -0.3 is 0 Å². The van der Waals surface area contributed by atoms with E-state index in [1.54, 1.807) is 0 Å². The summed E-state index contributed by atoms with van der Waals surface area (Å²) in [5, 5.41) is 0. The Balaban J connectivity index is 0.000000151. The molecular weight excluding hydrogens is 512 g/mol. The van der Waals surface area contributed by atoms with Crippen LogP contribution in [0.5, 0.6) is 0 Å². The summed E-state index contributed by atoms with van der Waals surface area (Å²) in [7, 11) is 0. The molecule has 0 aromatic carbocycles. The van der Waals surface area contributed by atoms with Crippen molar-refractivity contribution in [2.24, 2.45) is 20.0 Å². The van der Waals surface area contributed by atoms with Crippen LogP contribution in [0.3, 0.4) is 0 Å². The van der Waals surface area contributed by atoms with Gasteiger partial charge in [-0.3, -0.25) is 20.0 Å². The molecule has 0 fully saturated rings. The highest BCUT2D eigenvalue weighted by molar-refractivity contribution is 5.91. The zero-order chi connectivity index (χ0) is 28.6. The average molecular weight is 565 g/mol. The van der Waals surface area contributed by atoms with E-state index in [1.807, 2.05) is 0 Å². The van der Waals surface area contributed by atoms with Gasteiger partial charge in [0.05, 0.1) is 22.8 Å². The average Bonchev–Trinajstić information content (AvgIpc) is 3.75. The molecule has 0 spiro atoms. The van der Waals surface area contributed by atoms with E-state index in [2.05, 4.69) is 74.0 Å². The molecule has 0 aromatic rings. The van der Waals surface area contributed by atoms with E-state index in [-0.39, 0.29) is 14.9 Å². The number of rotatable bonds is 0. The minimum absolute atomic E-state index is 0. The molecule has 0 amide bonds. The Morgan fingerprint density at radius 1 is 0.357 bits per heavy atom. The SMILES string of the molecule is C.C.C=C1CCC2=C1N=C(C)C2.C=C1CCC2=C1N=C(C)C2.C=C1CCC2=C1N=C(C)C2.C=C1CCC2=C1N=C(C)C2. The van der Waals surface area contributed by atoms with Gasteiger partial charge in [-0.1, -0.05) is 41.2 Å². The number of hydrogen-bond donors (Lipinski definition) is 0. The fraction of sp³-hybridized carbons (Fsp3) is 0.474. The molecule has 4 aliphatic carbocycles. The van der Waals surface area contributed by atoms with Crippen molar-refractivity contribution in [3.63, 3.8) is 0 Å². The molecule has 0 N–H and O–H groups in total. The fourth-order valence-electron chi connectivity index (χ4n) is 6.63. The van der Waals surface area contributed by atoms with E-state index in [9.17, 15) is 0 Å². The lowest BCUT2D eigenvalue weighted by atomic mass is 10.1. The molecule has 0 atom stereocenters. The van der Waals surface area contributed by atoms with Gasteiger partial charge in [-0.15, -0.1) is 0 Å². The second-order valence-corrected chi connectivity index (χ2v) is 12.3. The van der Waals surface area contributed by atoms with E-state index in [1.165, 1.54) is 116 Å². The van der Waals surface area contributed by atoms with Crippen LogP contribution < -0.4 is 0 Å². The van der Waals surface area contributed by atoms with Crippen LogP contribution in [0.15, 0.2) is 114 Å². The lowest BCUT2D eigenvalue weighted by molar-refractivity contribution is 0.987. The van der Waals surface area contributed by atoms with Crippen LogP contribution in [-0.2, 0) is 0 Å². The zero-order valence-electron chi connectivity index (χ0n) is 25.1. The third-order valence-electron chi connectivity index (χ3n) is 8.68. The van der Waals surface area contributed by atoms with E-state index in [4.69, 9.17) is 0 Å². The van der Waals surface area contributed by atoms with Gasteiger partial charge >= 0.3 is 0 Å². The number of aliphatic imine (C=N–C) groups is 4. The van der Waals surface area contributed by atoms with Gasteiger partial charge in [-0.05, 0) is 124 Å². The van der Waals surface area contributed by atoms with Crippen molar-refractivity contribution in [3.8, 4) is 0 Å². The van der Waals surface area contributed by atoms with Crippen molar-refractivity contribution in [2.45, 2.75) is 120 Å². The molecule has 42 heavy (non-hydrogen) atoms. The van der Waals surface area contributed by atoms with Gasteiger partial charge in [-0.2, -0.15) is 0 Å². The predicted octanol–water partition coefficient (Wildman–Crippen LogP) is 11.1. The molecule has 4 heterocycles. The number of allylic oxidation sites excluding steroid dienone is 8. The fourth-order valence-corrected chi connectivity index (χ4v) is 6.63. The lowest BCUT2D eigenvalue weighted by Gasteiger charge is -1.94. The molecule has 8 aliphatic rings. The first-order chi connectivity index (χ1) is 19.1. The largest absolute Gasteiger partial charge is 0.258 e. The van der Waals surface area contributed by atoms with Crippen LogP contribution in [-0.4, -0.2) is 22.8 Å². The third-order valence-corrected chi connectivity index (χ3v) is 8.68. The first-order valence-electron chi connectivity index (χ1n) is 14.9. The maximum Gasteiger partial charge on any atom is 0.0651 e. The highest BCUT2D eigenvalue weighted by Crippen LogP contribution is 2.39. The smallest absolute Gasteiger partial charge is 0.0651 e. The van der Waals surface area contributed by atoms with Gasteiger partial charge in [0, 0.05) is 48.5 Å². The van der Waals surface area contributed by atoms with Crippen molar-refractivity contribution in [1.29, 1.82) is 0 Å². The molecular formula is C38H52N4. The number of hydrogen-bond acceptors (Lipinski definition) is 4. The number of nitrogens with zero attached hydrogens (tertiary/aromatic N) is 4. The standard InChI is InChI=1S/4C9H11N.2CH4/c4*1-6-3-4-8-5-7(2)10-9(6)8;;/h4*1,3-5H2,2H3;2*1H4. The minimum Gasteiger partial charge on any atom is -0.258 e. The summed E-state index contributed by atoms with van der Waals surface area (Å²) in [6.45, 7) is 24.2. The van der Waals surface area contributed by atoms with Crippen LogP contribution in [0.1, 0.15) is 120 Å². The van der Waals surface area contributed by atoms with Crippen molar-refractivity contribution in [3.05, 3.63) is 93.7 Å². The Kier molecular flexibility index (Phi) is 10.8. The molecule has 0 radical (unpaired) electrons. The Hall–Kier alpha value is -3.40. The van der Waals surface area contributed by atoms with E-state index in [0.717, 1.165) is 51.4 Å². The second kappa shape index (κ2) is 13.7. The Morgan fingerprint density at radius 2 is 0.548 bits per heavy atom. The maximum atomic E-state index is 4.43. The topological polar surface area (TPSA) is 49.4 Å². The quantitative estimate of drug-likeness (QED) is 0.281. The second-order valence-electron chi connectivity index (χ2n) is 12.3. The van der Waals surface area contributed by atoms with Crippen LogP contribution in [0.2, 0.25) is 0 Å². The summed E-state index contributed by atoms with van der Waals surface area (Å²) in [5.41, 5.74) is 20.9. The van der Waals surface area contributed by atoms with Crippen molar-refractivity contribution < 1.29 is 0 Å². The highest BCUT2D eigenvalue weighted by atomic mass is 14.8. The predicted molar refractivity (Wildman–Crippen MR) is 186 cm³/mol. The highest BCUT2D eigenvalue weighted by Gasteiger charge is 2.25. The van der Waals surface area contributed by atoms with E-state index < -0.39 is 0 Å². The van der Waals surface area contributed by atoms with E-state index in [0.29, 0.717) is 0 Å². The third kappa shape index (κ3) is 7.14. The molecule has 4 heteroatoms. The summed E-state index contributed by atoms with van der Waals surface area (Å²) in [6, 6.07) is 0. The van der Waals surface area contributed by atoms with Gasteiger partial charge in [0.2, 0.25) is 0 Å². The van der Waals surface area contributed by atoms with Crippen molar-refractivity contribution >= 4 is 22.8 Å². The monoisotopic (exact) mass is 564 g/mol. The maximum absolute atomic E-state index is 4.43. The summed E-state index contributed by atoms with van der Waals surface area (Å²) >= 11 is 0.